The summed E-state index contributed by atoms with van der Waals surface area (Å²) in [6, 6.07) is 15.4. The average Bonchev–Trinajstić information content (AvgIpc) is 2.51. The molecule has 2 aromatic carbocycles. The topological polar surface area (TPSA) is 61.2 Å². The molecule has 0 unspecified atom stereocenters. The van der Waals surface area contributed by atoms with Gasteiger partial charge in [0.05, 0.1) is 17.3 Å². The maximum atomic E-state index is 12.0. The fourth-order valence-corrected chi connectivity index (χ4v) is 1.84. The highest BCUT2D eigenvalue weighted by Crippen LogP contribution is 2.08. The summed E-state index contributed by atoms with van der Waals surface area (Å²) in [7, 11) is 0. The Morgan fingerprint density at radius 1 is 1.00 bits per heavy atom. The number of hydrogen-bond donors (Lipinski definition) is 0. The van der Waals surface area contributed by atoms with E-state index in [1.807, 2.05) is 0 Å². The molecule has 3 aromatic rings. The zero-order chi connectivity index (χ0) is 13.9. The number of rotatable bonds is 2. The summed E-state index contributed by atoms with van der Waals surface area (Å²) in [5.41, 5.74) is 0.908. The largest absolute Gasteiger partial charge is 0.363 e. The lowest BCUT2D eigenvalue weighted by molar-refractivity contribution is 0.0465. The Bertz CT molecular complexity index is 825. The van der Waals surface area contributed by atoms with E-state index < -0.39 is 11.5 Å². The quantitative estimate of drug-likeness (QED) is 0.707. The number of fused-ring (bicyclic) bond motifs is 1. The maximum Gasteiger partial charge on any atom is 0.363 e. The summed E-state index contributed by atoms with van der Waals surface area (Å²) in [6.07, 6.45) is 1.13. The van der Waals surface area contributed by atoms with Gasteiger partial charge >= 0.3 is 11.5 Å². The highest BCUT2D eigenvalue weighted by molar-refractivity contribution is 5.90. The first-order valence-electron chi connectivity index (χ1n) is 6.00. The molecule has 20 heavy (non-hydrogen) atoms. The molecule has 0 amide bonds. The Morgan fingerprint density at radius 2 is 1.70 bits per heavy atom. The number of carbonyl (C=O) groups excluding carboxylic acids is 1. The van der Waals surface area contributed by atoms with Crippen LogP contribution in [0.5, 0.6) is 0 Å². The first kappa shape index (κ1) is 12.1. The van der Waals surface area contributed by atoms with Crippen molar-refractivity contribution in [3.05, 3.63) is 76.7 Å². The first-order chi connectivity index (χ1) is 9.75. The van der Waals surface area contributed by atoms with Crippen molar-refractivity contribution in [3.63, 3.8) is 0 Å². The van der Waals surface area contributed by atoms with Gasteiger partial charge in [-0.15, -0.1) is 4.73 Å². The molecule has 5 nitrogen and oxygen atoms in total. The summed E-state index contributed by atoms with van der Waals surface area (Å²) < 4.78 is 0.956. The highest BCUT2D eigenvalue weighted by Gasteiger charge is 2.11. The standard InChI is InChI=1S/C15H10N2O3/c18-14-10-16-12-8-4-5-9-13(12)17(14)20-15(19)11-6-2-1-3-7-11/h1-10H. The molecule has 0 aliphatic rings. The molecule has 0 N–H and O–H groups in total. The van der Waals surface area contributed by atoms with Gasteiger partial charge in [0.1, 0.15) is 5.52 Å². The SMILES string of the molecule is O=C(On1c(=O)cnc2ccccc21)c1ccccc1. The van der Waals surface area contributed by atoms with Crippen LogP contribution >= 0.6 is 0 Å². The van der Waals surface area contributed by atoms with E-state index in [-0.39, 0.29) is 0 Å². The molecule has 98 valence electrons. The van der Waals surface area contributed by atoms with Crippen LogP contribution in [-0.4, -0.2) is 15.7 Å². The average molecular weight is 266 g/mol. The van der Waals surface area contributed by atoms with E-state index in [2.05, 4.69) is 4.98 Å². The van der Waals surface area contributed by atoms with Crippen molar-refractivity contribution < 1.29 is 9.63 Å². The molecule has 0 aliphatic heterocycles. The molecule has 0 bridgehead atoms. The molecular formula is C15H10N2O3. The molecule has 3 rings (SSSR count). The van der Waals surface area contributed by atoms with Crippen molar-refractivity contribution in [2.75, 3.05) is 0 Å². The van der Waals surface area contributed by atoms with Gasteiger partial charge < -0.3 is 4.84 Å². The minimum Gasteiger partial charge on any atom is -0.327 e. The molecule has 1 aromatic heterocycles. The molecule has 0 fully saturated rings. The molecule has 1 heterocycles. The number of hydrogen-bond acceptors (Lipinski definition) is 4. The Labute approximate surface area is 114 Å². The third kappa shape index (κ3) is 2.16. The van der Waals surface area contributed by atoms with Crippen molar-refractivity contribution >= 4 is 17.0 Å². The number of para-hydroxylation sites is 2. The van der Waals surface area contributed by atoms with E-state index in [9.17, 15) is 9.59 Å². The van der Waals surface area contributed by atoms with E-state index in [1.165, 1.54) is 0 Å². The van der Waals surface area contributed by atoms with Gasteiger partial charge in [0.15, 0.2) is 0 Å². The lowest BCUT2D eigenvalue weighted by Crippen LogP contribution is -2.31. The summed E-state index contributed by atoms with van der Waals surface area (Å²) in [6.45, 7) is 0. The predicted molar refractivity (Wildman–Crippen MR) is 73.4 cm³/mol. The summed E-state index contributed by atoms with van der Waals surface area (Å²) >= 11 is 0. The van der Waals surface area contributed by atoms with Crippen LogP contribution in [0.4, 0.5) is 0 Å². The molecule has 0 spiro atoms. The maximum absolute atomic E-state index is 12.0. The van der Waals surface area contributed by atoms with Crippen LogP contribution in [0, 0.1) is 0 Å². The van der Waals surface area contributed by atoms with Crippen molar-refractivity contribution in [2.45, 2.75) is 0 Å². The predicted octanol–water partition coefficient (Wildman–Crippen LogP) is 1.67. The molecule has 0 saturated heterocycles. The summed E-state index contributed by atoms with van der Waals surface area (Å²) in [5.74, 6) is -0.593. The van der Waals surface area contributed by atoms with Gasteiger partial charge in [-0.2, -0.15) is 0 Å². The number of carbonyl (C=O) groups is 1. The smallest absolute Gasteiger partial charge is 0.327 e. The van der Waals surface area contributed by atoms with Crippen LogP contribution in [-0.2, 0) is 0 Å². The van der Waals surface area contributed by atoms with Crippen molar-refractivity contribution in [1.82, 2.24) is 9.71 Å². The molecule has 0 saturated carbocycles. The van der Waals surface area contributed by atoms with Crippen LogP contribution in [0.15, 0.2) is 65.6 Å². The van der Waals surface area contributed by atoms with Gasteiger partial charge in [0.2, 0.25) is 0 Å². The van der Waals surface area contributed by atoms with E-state index >= 15 is 0 Å². The molecule has 0 atom stereocenters. The molecule has 5 heteroatoms. The van der Waals surface area contributed by atoms with Crippen LogP contribution in [0.3, 0.4) is 0 Å². The lowest BCUT2D eigenvalue weighted by Gasteiger charge is -2.08. The minimum atomic E-state index is -0.593. The second-order valence-corrected chi connectivity index (χ2v) is 4.12. The van der Waals surface area contributed by atoms with Crippen LogP contribution in [0.1, 0.15) is 10.4 Å². The normalized spacial score (nSPS) is 10.4. The van der Waals surface area contributed by atoms with Gasteiger partial charge in [-0.25, -0.2) is 9.78 Å². The Kier molecular flexibility index (Phi) is 3.01. The van der Waals surface area contributed by atoms with Gasteiger partial charge in [0, 0.05) is 0 Å². The monoisotopic (exact) mass is 266 g/mol. The van der Waals surface area contributed by atoms with Gasteiger partial charge in [0.25, 0.3) is 0 Å². The number of aromatic nitrogens is 2. The zero-order valence-electron chi connectivity index (χ0n) is 10.4. The van der Waals surface area contributed by atoms with Gasteiger partial charge in [-0.1, -0.05) is 30.3 Å². The third-order valence-corrected chi connectivity index (χ3v) is 2.80. The van der Waals surface area contributed by atoms with Crippen molar-refractivity contribution in [2.24, 2.45) is 0 Å². The fourth-order valence-electron chi connectivity index (χ4n) is 1.84. The van der Waals surface area contributed by atoms with Gasteiger partial charge in [-0.05, 0) is 24.3 Å². The van der Waals surface area contributed by atoms with Crippen molar-refractivity contribution in [3.8, 4) is 0 Å². The lowest BCUT2D eigenvalue weighted by atomic mass is 10.2. The van der Waals surface area contributed by atoms with Crippen LogP contribution in [0.25, 0.3) is 11.0 Å². The fraction of sp³-hybridized carbons (Fsp3) is 0. The first-order valence-corrected chi connectivity index (χ1v) is 6.00. The number of benzene rings is 2. The number of nitrogens with zero attached hydrogens (tertiary/aromatic N) is 2. The van der Waals surface area contributed by atoms with Crippen molar-refractivity contribution in [1.29, 1.82) is 0 Å². The Balaban J connectivity index is 2.05. The summed E-state index contributed by atoms with van der Waals surface area (Å²) in [4.78, 5) is 33.0. The van der Waals surface area contributed by atoms with E-state index in [0.29, 0.717) is 16.6 Å². The van der Waals surface area contributed by atoms with E-state index in [1.54, 1.807) is 54.6 Å². The zero-order valence-corrected chi connectivity index (χ0v) is 10.4. The Hall–Kier alpha value is -2.95. The second kappa shape index (κ2) is 4.97. The van der Waals surface area contributed by atoms with Gasteiger partial charge in [-0.3, -0.25) is 4.79 Å². The molecule has 0 aliphatic carbocycles. The Morgan fingerprint density at radius 3 is 2.50 bits per heavy atom. The molecular weight excluding hydrogens is 256 g/mol. The minimum absolute atomic E-state index is 0.375. The second-order valence-electron chi connectivity index (χ2n) is 4.12. The summed E-state index contributed by atoms with van der Waals surface area (Å²) in [5, 5.41) is 0. The van der Waals surface area contributed by atoms with E-state index in [4.69, 9.17) is 4.84 Å². The molecule has 0 radical (unpaired) electrons. The highest BCUT2D eigenvalue weighted by atomic mass is 16.7. The van der Waals surface area contributed by atoms with Crippen LogP contribution in [0.2, 0.25) is 0 Å². The third-order valence-electron chi connectivity index (χ3n) is 2.80. The van der Waals surface area contributed by atoms with Crippen LogP contribution < -0.4 is 10.4 Å². The van der Waals surface area contributed by atoms with E-state index in [0.717, 1.165) is 10.9 Å².